The monoisotopic (exact) mass is 294 g/mol. The van der Waals surface area contributed by atoms with Crippen LogP contribution in [-0.4, -0.2) is 0 Å². The first kappa shape index (κ1) is 9.30. The van der Waals surface area contributed by atoms with Crippen molar-refractivity contribution in [3.63, 3.8) is 0 Å². The van der Waals surface area contributed by atoms with E-state index in [4.69, 9.17) is 11.6 Å². The average Bonchev–Trinajstić information content (AvgIpc) is 2.05. The smallest absolute Gasteiger partial charge is 0.0406 e. The summed E-state index contributed by atoms with van der Waals surface area (Å²) in [4.78, 5) is 1.82. The number of benzene rings is 1. The highest BCUT2D eigenvalue weighted by molar-refractivity contribution is 9.16. The quantitative estimate of drug-likeness (QED) is 0.719. The molecule has 0 nitrogen and oxygen atoms in total. The summed E-state index contributed by atoms with van der Waals surface area (Å²) in [6, 6.07) is 7.61. The SMILES string of the molecule is Clc1ccc(/C(Br)=C\Br)cc1. The molecule has 58 valence electrons. The Bertz CT molecular complexity index is 264. The molecule has 0 N–H and O–H groups in total. The van der Waals surface area contributed by atoms with E-state index in [1.807, 2.05) is 29.3 Å². The lowest BCUT2D eigenvalue weighted by molar-refractivity contribution is 1.66. The van der Waals surface area contributed by atoms with E-state index in [-0.39, 0.29) is 0 Å². The van der Waals surface area contributed by atoms with E-state index in [0.29, 0.717) is 0 Å². The number of hydrogen-bond donors (Lipinski definition) is 0. The summed E-state index contributed by atoms with van der Waals surface area (Å²) in [7, 11) is 0. The molecular weight excluding hydrogens is 291 g/mol. The Balaban J connectivity index is 2.99. The maximum Gasteiger partial charge on any atom is 0.0406 e. The van der Waals surface area contributed by atoms with Crippen LogP contribution in [0.3, 0.4) is 0 Å². The molecule has 0 aliphatic heterocycles. The van der Waals surface area contributed by atoms with Crippen LogP contribution in [0.5, 0.6) is 0 Å². The van der Waals surface area contributed by atoms with Gasteiger partial charge in [0, 0.05) is 9.51 Å². The minimum atomic E-state index is 0.753. The van der Waals surface area contributed by atoms with Gasteiger partial charge in [0.1, 0.15) is 0 Å². The Morgan fingerprint density at radius 3 is 2.27 bits per heavy atom. The van der Waals surface area contributed by atoms with Crippen molar-refractivity contribution in [3.05, 3.63) is 39.8 Å². The van der Waals surface area contributed by atoms with Crippen LogP contribution >= 0.6 is 43.5 Å². The largest absolute Gasteiger partial charge is 0.0843 e. The summed E-state index contributed by atoms with van der Waals surface area (Å²) in [6.45, 7) is 0. The minimum Gasteiger partial charge on any atom is -0.0843 e. The minimum absolute atomic E-state index is 0.753. The maximum atomic E-state index is 5.71. The highest BCUT2D eigenvalue weighted by atomic mass is 79.9. The van der Waals surface area contributed by atoms with Gasteiger partial charge in [-0.3, -0.25) is 0 Å². The molecular formula is C8H5Br2Cl. The molecule has 0 aromatic heterocycles. The average molecular weight is 296 g/mol. The topological polar surface area (TPSA) is 0 Å². The third-order valence-electron chi connectivity index (χ3n) is 1.22. The molecule has 11 heavy (non-hydrogen) atoms. The molecule has 0 amide bonds. The van der Waals surface area contributed by atoms with Crippen LogP contribution in [0.25, 0.3) is 4.48 Å². The fourth-order valence-corrected chi connectivity index (χ4v) is 1.33. The van der Waals surface area contributed by atoms with Gasteiger partial charge in [0.05, 0.1) is 0 Å². The molecule has 0 atom stereocenters. The third kappa shape index (κ3) is 2.62. The number of rotatable bonds is 1. The Labute approximate surface area is 87.5 Å². The van der Waals surface area contributed by atoms with Gasteiger partial charge in [-0.25, -0.2) is 0 Å². The predicted molar refractivity (Wildman–Crippen MR) is 57.3 cm³/mol. The lowest BCUT2D eigenvalue weighted by Gasteiger charge is -1.96. The summed E-state index contributed by atoms with van der Waals surface area (Å²) < 4.78 is 1.01. The Morgan fingerprint density at radius 2 is 1.82 bits per heavy atom. The van der Waals surface area contributed by atoms with Crippen molar-refractivity contribution in [2.24, 2.45) is 0 Å². The Morgan fingerprint density at radius 1 is 1.27 bits per heavy atom. The lowest BCUT2D eigenvalue weighted by atomic mass is 10.2. The second kappa shape index (κ2) is 4.29. The molecule has 0 unspecified atom stereocenters. The van der Waals surface area contributed by atoms with Crippen LogP contribution in [0.15, 0.2) is 29.3 Å². The van der Waals surface area contributed by atoms with Gasteiger partial charge in [0.2, 0.25) is 0 Å². The van der Waals surface area contributed by atoms with Gasteiger partial charge in [-0.1, -0.05) is 39.7 Å². The molecule has 0 bridgehead atoms. The van der Waals surface area contributed by atoms with Gasteiger partial charge in [-0.05, 0) is 38.6 Å². The van der Waals surface area contributed by atoms with E-state index >= 15 is 0 Å². The molecule has 0 aliphatic rings. The first-order valence-corrected chi connectivity index (χ1v) is 5.04. The van der Waals surface area contributed by atoms with E-state index < -0.39 is 0 Å². The standard InChI is InChI=1S/C8H5Br2Cl/c9-5-8(10)6-1-3-7(11)4-2-6/h1-5H/b8-5+. The molecule has 1 aromatic rings. The molecule has 0 fully saturated rings. The molecule has 0 aliphatic carbocycles. The Kier molecular flexibility index (Phi) is 3.63. The highest BCUT2D eigenvalue weighted by Gasteiger charge is 1.94. The van der Waals surface area contributed by atoms with E-state index in [2.05, 4.69) is 31.9 Å². The number of halogens is 3. The molecule has 1 rings (SSSR count). The third-order valence-corrected chi connectivity index (χ3v) is 3.23. The number of hydrogen-bond acceptors (Lipinski definition) is 0. The zero-order valence-corrected chi connectivity index (χ0v) is 9.45. The van der Waals surface area contributed by atoms with Crippen LogP contribution in [0.4, 0.5) is 0 Å². The first-order valence-electron chi connectivity index (χ1n) is 2.96. The normalized spacial score (nSPS) is 11.7. The molecule has 1 aromatic carbocycles. The van der Waals surface area contributed by atoms with Gasteiger partial charge in [-0.2, -0.15) is 0 Å². The predicted octanol–water partition coefficient (Wildman–Crippen LogP) is 4.43. The van der Waals surface area contributed by atoms with Gasteiger partial charge >= 0.3 is 0 Å². The van der Waals surface area contributed by atoms with Crippen molar-refractivity contribution >= 4 is 47.9 Å². The van der Waals surface area contributed by atoms with Crippen molar-refractivity contribution in [2.75, 3.05) is 0 Å². The van der Waals surface area contributed by atoms with Crippen molar-refractivity contribution < 1.29 is 0 Å². The van der Waals surface area contributed by atoms with Gasteiger partial charge in [0.15, 0.2) is 0 Å². The second-order valence-corrected chi connectivity index (χ2v) is 3.71. The van der Waals surface area contributed by atoms with Crippen molar-refractivity contribution in [3.8, 4) is 0 Å². The molecule has 0 heterocycles. The molecule has 0 spiro atoms. The van der Waals surface area contributed by atoms with Crippen molar-refractivity contribution in [1.82, 2.24) is 0 Å². The first-order chi connectivity index (χ1) is 5.24. The van der Waals surface area contributed by atoms with Crippen LogP contribution in [-0.2, 0) is 0 Å². The highest BCUT2D eigenvalue weighted by Crippen LogP contribution is 2.23. The van der Waals surface area contributed by atoms with Crippen LogP contribution in [0.1, 0.15) is 5.56 Å². The van der Waals surface area contributed by atoms with Crippen LogP contribution < -0.4 is 0 Å². The van der Waals surface area contributed by atoms with E-state index in [1.54, 1.807) is 0 Å². The Hall–Kier alpha value is 0.210. The van der Waals surface area contributed by atoms with Gasteiger partial charge in [-0.15, -0.1) is 0 Å². The zero-order chi connectivity index (χ0) is 8.27. The van der Waals surface area contributed by atoms with E-state index in [9.17, 15) is 0 Å². The summed E-state index contributed by atoms with van der Waals surface area (Å²) in [5.74, 6) is 0. The fourth-order valence-electron chi connectivity index (χ4n) is 0.672. The zero-order valence-electron chi connectivity index (χ0n) is 5.52. The van der Waals surface area contributed by atoms with Crippen molar-refractivity contribution in [1.29, 1.82) is 0 Å². The van der Waals surface area contributed by atoms with Gasteiger partial charge < -0.3 is 0 Å². The van der Waals surface area contributed by atoms with E-state index in [0.717, 1.165) is 15.1 Å². The van der Waals surface area contributed by atoms with Crippen molar-refractivity contribution in [2.45, 2.75) is 0 Å². The molecule has 0 radical (unpaired) electrons. The lowest BCUT2D eigenvalue weighted by Crippen LogP contribution is -1.73. The summed E-state index contributed by atoms with van der Waals surface area (Å²) >= 11 is 12.3. The molecule has 0 saturated carbocycles. The van der Waals surface area contributed by atoms with Crippen LogP contribution in [0.2, 0.25) is 5.02 Å². The summed E-state index contributed by atoms with van der Waals surface area (Å²) in [5.41, 5.74) is 1.10. The summed E-state index contributed by atoms with van der Waals surface area (Å²) in [5, 5.41) is 0.753. The molecule has 3 heteroatoms. The van der Waals surface area contributed by atoms with E-state index in [1.165, 1.54) is 0 Å². The fraction of sp³-hybridized carbons (Fsp3) is 0. The second-order valence-electron chi connectivity index (χ2n) is 1.96. The molecule has 0 saturated heterocycles. The van der Waals surface area contributed by atoms with Crippen LogP contribution in [0, 0.1) is 0 Å². The van der Waals surface area contributed by atoms with Gasteiger partial charge in [0.25, 0.3) is 0 Å². The maximum absolute atomic E-state index is 5.71. The summed E-state index contributed by atoms with van der Waals surface area (Å²) in [6.07, 6.45) is 0.